The minimum absolute atomic E-state index is 0.112. The van der Waals surface area contributed by atoms with Crippen molar-refractivity contribution in [2.75, 3.05) is 6.61 Å². The Kier molecular flexibility index (Phi) is 3.03. The fraction of sp³-hybridized carbons (Fsp3) is 0.250. The fourth-order valence-corrected chi connectivity index (χ4v) is 2.35. The van der Waals surface area contributed by atoms with Crippen molar-refractivity contribution in [3.63, 3.8) is 0 Å². The smallest absolute Gasteiger partial charge is 0.171 e. The molecule has 2 aromatic rings. The number of carbonyl (C=O) groups excluding carboxylic acids is 1. The number of Topliss-reactive ketones (excluding diaryl/α,β-unsaturated/α-hetero) is 1. The minimum Gasteiger partial charge on any atom is -0.493 e. The Balaban J connectivity index is 1.81. The summed E-state index contributed by atoms with van der Waals surface area (Å²) in [6, 6.07) is 11.6. The highest BCUT2D eigenvalue weighted by molar-refractivity contribution is 5.98. The first-order valence-corrected chi connectivity index (χ1v) is 6.41. The third-order valence-corrected chi connectivity index (χ3v) is 3.45. The fourth-order valence-electron chi connectivity index (χ4n) is 2.35. The summed E-state index contributed by atoms with van der Waals surface area (Å²) in [5, 5.41) is 0. The van der Waals surface area contributed by atoms with E-state index in [0.717, 1.165) is 23.4 Å². The van der Waals surface area contributed by atoms with Crippen LogP contribution >= 0.6 is 0 Å². The van der Waals surface area contributed by atoms with Gasteiger partial charge in [-0.15, -0.1) is 0 Å². The van der Waals surface area contributed by atoms with Crippen LogP contribution in [-0.2, 0) is 6.42 Å². The zero-order valence-corrected chi connectivity index (χ0v) is 10.8. The maximum Gasteiger partial charge on any atom is 0.171 e. The number of rotatable bonds is 2. The van der Waals surface area contributed by atoms with E-state index in [9.17, 15) is 4.79 Å². The maximum atomic E-state index is 12.4. The number of ether oxygens (including phenoxy) is 1. The van der Waals surface area contributed by atoms with Crippen LogP contribution in [0.5, 0.6) is 5.75 Å². The molecule has 0 saturated heterocycles. The van der Waals surface area contributed by atoms with E-state index in [1.165, 1.54) is 0 Å². The van der Waals surface area contributed by atoms with E-state index < -0.39 is 0 Å². The molecular formula is C16H15NO2. The van der Waals surface area contributed by atoms with Crippen molar-refractivity contribution >= 4 is 5.78 Å². The lowest BCUT2D eigenvalue weighted by molar-refractivity contribution is 0.0855. The van der Waals surface area contributed by atoms with Gasteiger partial charge < -0.3 is 4.74 Å². The van der Waals surface area contributed by atoms with E-state index in [4.69, 9.17) is 4.74 Å². The number of aromatic nitrogens is 1. The standard InChI is InChI=1S/C16H15NO2/c1-11-6-7-13(9-17-11)16(18)14-8-12-4-2-3-5-15(12)19-10-14/h2-7,9,14H,8,10H2,1H3. The number of nitrogens with zero attached hydrogens (tertiary/aromatic N) is 1. The molecule has 0 aliphatic carbocycles. The average Bonchev–Trinajstić information content (AvgIpc) is 2.47. The lowest BCUT2D eigenvalue weighted by Gasteiger charge is -2.24. The number of benzene rings is 1. The predicted molar refractivity (Wildman–Crippen MR) is 72.4 cm³/mol. The minimum atomic E-state index is -0.112. The van der Waals surface area contributed by atoms with Gasteiger partial charge in [0, 0.05) is 17.5 Å². The molecule has 1 atom stereocenters. The molecule has 96 valence electrons. The van der Waals surface area contributed by atoms with Gasteiger partial charge in [0.05, 0.1) is 12.5 Å². The van der Waals surface area contributed by atoms with Crippen LogP contribution in [0.3, 0.4) is 0 Å². The lowest BCUT2D eigenvalue weighted by Crippen LogP contribution is -2.28. The van der Waals surface area contributed by atoms with Crippen LogP contribution < -0.4 is 4.74 Å². The molecule has 0 bridgehead atoms. The Bertz CT molecular complexity index is 604. The molecule has 19 heavy (non-hydrogen) atoms. The Hall–Kier alpha value is -2.16. The second-order valence-corrected chi connectivity index (χ2v) is 4.87. The first-order chi connectivity index (χ1) is 9.24. The molecule has 1 aliphatic heterocycles. The molecule has 2 heterocycles. The van der Waals surface area contributed by atoms with Crippen LogP contribution in [0.2, 0.25) is 0 Å². The molecule has 0 N–H and O–H groups in total. The van der Waals surface area contributed by atoms with Gasteiger partial charge in [-0.25, -0.2) is 0 Å². The highest BCUT2D eigenvalue weighted by Gasteiger charge is 2.26. The number of para-hydroxylation sites is 1. The second kappa shape index (κ2) is 4.84. The maximum absolute atomic E-state index is 12.4. The largest absolute Gasteiger partial charge is 0.493 e. The first-order valence-electron chi connectivity index (χ1n) is 6.41. The molecule has 0 fully saturated rings. The van der Waals surface area contributed by atoms with Crippen molar-refractivity contribution in [3.05, 3.63) is 59.4 Å². The van der Waals surface area contributed by atoms with Crippen LogP contribution in [0, 0.1) is 12.8 Å². The van der Waals surface area contributed by atoms with Gasteiger partial charge in [0.15, 0.2) is 5.78 Å². The number of pyridine rings is 1. The molecule has 1 unspecified atom stereocenters. The SMILES string of the molecule is Cc1ccc(C(=O)C2COc3ccccc3C2)cn1. The van der Waals surface area contributed by atoms with E-state index in [-0.39, 0.29) is 11.7 Å². The summed E-state index contributed by atoms with van der Waals surface area (Å²) >= 11 is 0. The highest BCUT2D eigenvalue weighted by Crippen LogP contribution is 2.28. The monoisotopic (exact) mass is 253 g/mol. The topological polar surface area (TPSA) is 39.2 Å². The van der Waals surface area contributed by atoms with Crippen LogP contribution in [0.1, 0.15) is 21.6 Å². The summed E-state index contributed by atoms with van der Waals surface area (Å²) < 4.78 is 5.66. The quantitative estimate of drug-likeness (QED) is 0.772. The molecule has 3 heteroatoms. The third-order valence-electron chi connectivity index (χ3n) is 3.45. The van der Waals surface area contributed by atoms with E-state index in [1.807, 2.05) is 43.3 Å². The van der Waals surface area contributed by atoms with E-state index in [1.54, 1.807) is 6.20 Å². The molecule has 3 rings (SSSR count). The van der Waals surface area contributed by atoms with Crippen molar-refractivity contribution < 1.29 is 9.53 Å². The zero-order chi connectivity index (χ0) is 13.2. The van der Waals surface area contributed by atoms with Gasteiger partial charge in [0.25, 0.3) is 0 Å². The van der Waals surface area contributed by atoms with Gasteiger partial charge in [0.2, 0.25) is 0 Å². The van der Waals surface area contributed by atoms with Crippen molar-refractivity contribution in [3.8, 4) is 5.75 Å². The lowest BCUT2D eigenvalue weighted by atomic mass is 9.90. The van der Waals surface area contributed by atoms with Gasteiger partial charge in [-0.2, -0.15) is 0 Å². The molecule has 1 aliphatic rings. The van der Waals surface area contributed by atoms with Gasteiger partial charge in [-0.05, 0) is 37.1 Å². The zero-order valence-electron chi connectivity index (χ0n) is 10.8. The summed E-state index contributed by atoms with van der Waals surface area (Å²) in [6.45, 7) is 2.36. The Morgan fingerprint density at radius 2 is 2.11 bits per heavy atom. The first kappa shape index (κ1) is 11.9. The number of hydrogen-bond donors (Lipinski definition) is 0. The molecule has 0 amide bonds. The van der Waals surface area contributed by atoms with Crippen molar-refractivity contribution in [1.29, 1.82) is 0 Å². The van der Waals surface area contributed by atoms with Crippen LogP contribution in [0.15, 0.2) is 42.6 Å². The average molecular weight is 253 g/mol. The molecule has 3 nitrogen and oxygen atoms in total. The molecule has 0 spiro atoms. The summed E-state index contributed by atoms with van der Waals surface area (Å²) in [4.78, 5) is 16.6. The van der Waals surface area contributed by atoms with Crippen molar-refractivity contribution in [2.24, 2.45) is 5.92 Å². The molecular weight excluding hydrogens is 238 g/mol. The Morgan fingerprint density at radius 3 is 2.89 bits per heavy atom. The van der Waals surface area contributed by atoms with Crippen molar-refractivity contribution in [1.82, 2.24) is 4.98 Å². The highest BCUT2D eigenvalue weighted by atomic mass is 16.5. The van der Waals surface area contributed by atoms with E-state index >= 15 is 0 Å². The number of fused-ring (bicyclic) bond motifs is 1. The van der Waals surface area contributed by atoms with E-state index in [2.05, 4.69) is 4.98 Å². The number of aryl methyl sites for hydroxylation is 1. The van der Waals surface area contributed by atoms with Gasteiger partial charge in [-0.1, -0.05) is 18.2 Å². The predicted octanol–water partition coefficient (Wildman–Crippen LogP) is 2.82. The normalized spacial score (nSPS) is 17.4. The molecule has 1 aromatic heterocycles. The van der Waals surface area contributed by atoms with E-state index in [0.29, 0.717) is 12.2 Å². The van der Waals surface area contributed by atoms with Crippen molar-refractivity contribution in [2.45, 2.75) is 13.3 Å². The summed E-state index contributed by atoms with van der Waals surface area (Å²) in [7, 11) is 0. The Morgan fingerprint density at radius 1 is 1.26 bits per heavy atom. The molecule has 0 saturated carbocycles. The van der Waals surface area contributed by atoms with Gasteiger partial charge in [0.1, 0.15) is 5.75 Å². The number of hydrogen-bond acceptors (Lipinski definition) is 3. The van der Waals surface area contributed by atoms with Crippen LogP contribution in [0.25, 0.3) is 0 Å². The van der Waals surface area contributed by atoms with Crippen LogP contribution in [-0.4, -0.2) is 17.4 Å². The number of carbonyl (C=O) groups is 1. The van der Waals surface area contributed by atoms with Gasteiger partial charge >= 0.3 is 0 Å². The van der Waals surface area contributed by atoms with Gasteiger partial charge in [-0.3, -0.25) is 9.78 Å². The number of ketones is 1. The molecule has 0 radical (unpaired) electrons. The Labute approximate surface area is 112 Å². The molecule has 1 aromatic carbocycles. The second-order valence-electron chi connectivity index (χ2n) is 4.87. The third kappa shape index (κ3) is 2.36. The summed E-state index contributed by atoms with van der Waals surface area (Å²) in [5.74, 6) is 0.898. The van der Waals surface area contributed by atoms with Crippen LogP contribution in [0.4, 0.5) is 0 Å². The summed E-state index contributed by atoms with van der Waals surface area (Å²) in [6.07, 6.45) is 2.39. The summed E-state index contributed by atoms with van der Waals surface area (Å²) in [5.41, 5.74) is 2.69.